The predicted molar refractivity (Wildman–Crippen MR) is 71.8 cm³/mol. The summed E-state index contributed by atoms with van der Waals surface area (Å²) in [6, 6.07) is 4.70. The Hall–Kier alpha value is -1.43. The lowest BCUT2D eigenvalue weighted by molar-refractivity contribution is -0.0521. The number of halogens is 3. The molecule has 1 aromatic rings. The molecule has 1 aromatic carbocycles. The quantitative estimate of drug-likeness (QED) is 0.899. The topological polar surface area (TPSA) is 24.5 Å². The van der Waals surface area contributed by atoms with E-state index in [0.29, 0.717) is 11.7 Å². The van der Waals surface area contributed by atoms with E-state index in [1.807, 2.05) is 0 Å². The highest BCUT2D eigenvalue weighted by Gasteiger charge is 2.24. The number of rotatable bonds is 5. The zero-order chi connectivity index (χ0) is 14.7. The highest BCUT2D eigenvalue weighted by Crippen LogP contribution is 2.24. The standard InChI is InChI=1S/C14H19F3N2O/c1-9(2)19-6-5-11(8-19)18-10-3-4-13(12(15)7-10)20-14(16)17/h3-4,7,9,11,14,18H,5-6,8H2,1-2H3. The number of nitrogens with one attached hydrogen (secondary N) is 1. The first-order valence-electron chi connectivity index (χ1n) is 6.70. The van der Waals surface area contributed by atoms with Crippen molar-refractivity contribution in [2.75, 3.05) is 18.4 Å². The van der Waals surface area contributed by atoms with Gasteiger partial charge in [-0.2, -0.15) is 8.78 Å². The van der Waals surface area contributed by atoms with Gasteiger partial charge in [0.1, 0.15) is 0 Å². The Bertz CT molecular complexity index is 454. The lowest BCUT2D eigenvalue weighted by atomic mass is 10.2. The van der Waals surface area contributed by atoms with E-state index >= 15 is 0 Å². The van der Waals surface area contributed by atoms with Crippen LogP contribution in [0.2, 0.25) is 0 Å². The third-order valence-corrected chi connectivity index (χ3v) is 3.47. The van der Waals surface area contributed by atoms with E-state index in [1.165, 1.54) is 12.1 Å². The number of hydrogen-bond donors (Lipinski definition) is 1. The summed E-state index contributed by atoms with van der Waals surface area (Å²) < 4.78 is 41.7. The van der Waals surface area contributed by atoms with Crippen molar-refractivity contribution in [2.45, 2.75) is 39.0 Å². The SMILES string of the molecule is CC(C)N1CCC(Nc2ccc(OC(F)F)c(F)c2)C1. The summed E-state index contributed by atoms with van der Waals surface area (Å²) in [5.74, 6) is -1.21. The maximum absolute atomic E-state index is 13.6. The first kappa shape index (κ1) is 15.0. The molecule has 1 saturated heterocycles. The van der Waals surface area contributed by atoms with Crippen molar-refractivity contribution >= 4 is 5.69 Å². The van der Waals surface area contributed by atoms with Crippen molar-refractivity contribution < 1.29 is 17.9 Å². The van der Waals surface area contributed by atoms with Crippen molar-refractivity contribution in [1.82, 2.24) is 4.90 Å². The van der Waals surface area contributed by atoms with Crippen molar-refractivity contribution in [3.05, 3.63) is 24.0 Å². The second kappa shape index (κ2) is 6.35. The Labute approximate surface area is 116 Å². The molecule has 0 saturated carbocycles. The fourth-order valence-corrected chi connectivity index (χ4v) is 2.39. The van der Waals surface area contributed by atoms with Crippen molar-refractivity contribution in [3.63, 3.8) is 0 Å². The van der Waals surface area contributed by atoms with Gasteiger partial charge in [0.2, 0.25) is 0 Å². The van der Waals surface area contributed by atoms with Crippen LogP contribution in [0, 0.1) is 5.82 Å². The lowest BCUT2D eigenvalue weighted by Crippen LogP contribution is -2.31. The third kappa shape index (κ3) is 3.79. The lowest BCUT2D eigenvalue weighted by Gasteiger charge is -2.21. The molecule has 0 aliphatic carbocycles. The summed E-state index contributed by atoms with van der Waals surface area (Å²) in [6.07, 6.45) is 0.981. The highest BCUT2D eigenvalue weighted by molar-refractivity contribution is 5.48. The minimum absolute atomic E-state index is 0.249. The number of likely N-dealkylation sites (tertiary alicyclic amines) is 1. The van der Waals surface area contributed by atoms with Crippen LogP contribution >= 0.6 is 0 Å². The average Bonchev–Trinajstić information content (AvgIpc) is 2.81. The van der Waals surface area contributed by atoms with Crippen LogP contribution in [0.5, 0.6) is 5.75 Å². The number of benzene rings is 1. The monoisotopic (exact) mass is 288 g/mol. The molecule has 1 aliphatic heterocycles. The maximum atomic E-state index is 13.6. The van der Waals surface area contributed by atoms with Crippen molar-refractivity contribution in [1.29, 1.82) is 0 Å². The first-order chi connectivity index (χ1) is 9.45. The second-order valence-corrected chi connectivity index (χ2v) is 5.24. The molecule has 1 aliphatic rings. The Balaban J connectivity index is 1.96. The summed E-state index contributed by atoms with van der Waals surface area (Å²) in [5, 5.41) is 3.22. The molecule has 0 spiro atoms. The molecule has 0 radical (unpaired) electrons. The highest BCUT2D eigenvalue weighted by atomic mass is 19.3. The molecule has 0 aromatic heterocycles. The molecule has 1 fully saturated rings. The van der Waals surface area contributed by atoms with Gasteiger partial charge in [0, 0.05) is 36.9 Å². The third-order valence-electron chi connectivity index (χ3n) is 3.47. The Morgan fingerprint density at radius 2 is 2.10 bits per heavy atom. The first-order valence-corrected chi connectivity index (χ1v) is 6.70. The molecule has 1 atom stereocenters. The summed E-state index contributed by atoms with van der Waals surface area (Å²) in [5.41, 5.74) is 0.583. The summed E-state index contributed by atoms with van der Waals surface area (Å²) >= 11 is 0. The van der Waals surface area contributed by atoms with Gasteiger partial charge in [-0.25, -0.2) is 4.39 Å². The van der Waals surface area contributed by atoms with Crippen LogP contribution < -0.4 is 10.1 Å². The van der Waals surface area contributed by atoms with Gasteiger partial charge in [0.05, 0.1) is 0 Å². The van der Waals surface area contributed by atoms with E-state index in [2.05, 4.69) is 28.8 Å². The van der Waals surface area contributed by atoms with Gasteiger partial charge in [-0.1, -0.05) is 0 Å². The number of anilines is 1. The van der Waals surface area contributed by atoms with Crippen molar-refractivity contribution in [2.24, 2.45) is 0 Å². The number of ether oxygens (including phenoxy) is 1. The molecule has 20 heavy (non-hydrogen) atoms. The maximum Gasteiger partial charge on any atom is 0.387 e. The van der Waals surface area contributed by atoms with Crippen LogP contribution in [-0.2, 0) is 0 Å². The zero-order valence-corrected chi connectivity index (χ0v) is 11.6. The Morgan fingerprint density at radius 3 is 2.65 bits per heavy atom. The van der Waals surface area contributed by atoms with Gasteiger partial charge < -0.3 is 10.1 Å². The van der Waals surface area contributed by atoms with E-state index in [0.717, 1.165) is 19.5 Å². The van der Waals surface area contributed by atoms with Crippen LogP contribution in [0.3, 0.4) is 0 Å². The predicted octanol–water partition coefficient (Wildman–Crippen LogP) is 3.32. The smallest absolute Gasteiger partial charge is 0.387 e. The Kier molecular flexibility index (Phi) is 4.75. The van der Waals surface area contributed by atoms with Gasteiger partial charge >= 0.3 is 6.61 Å². The molecule has 0 amide bonds. The van der Waals surface area contributed by atoms with Crippen LogP contribution in [0.4, 0.5) is 18.9 Å². The normalized spacial score (nSPS) is 19.9. The number of nitrogens with zero attached hydrogens (tertiary/aromatic N) is 1. The molecular weight excluding hydrogens is 269 g/mol. The van der Waals surface area contributed by atoms with Crippen LogP contribution in [0.1, 0.15) is 20.3 Å². The van der Waals surface area contributed by atoms with Gasteiger partial charge in [0.15, 0.2) is 11.6 Å². The van der Waals surface area contributed by atoms with Gasteiger partial charge in [0.25, 0.3) is 0 Å². The summed E-state index contributed by atoms with van der Waals surface area (Å²) in [6.45, 7) is 3.16. The second-order valence-electron chi connectivity index (χ2n) is 5.24. The average molecular weight is 288 g/mol. The molecule has 1 unspecified atom stereocenters. The van der Waals surface area contributed by atoms with E-state index < -0.39 is 18.2 Å². The summed E-state index contributed by atoms with van der Waals surface area (Å²) in [7, 11) is 0. The van der Waals surface area contributed by atoms with E-state index in [1.54, 1.807) is 6.07 Å². The zero-order valence-electron chi connectivity index (χ0n) is 11.6. The minimum atomic E-state index is -3.02. The molecule has 2 rings (SSSR count). The van der Waals surface area contributed by atoms with E-state index in [-0.39, 0.29) is 6.04 Å². The largest absolute Gasteiger partial charge is 0.432 e. The van der Waals surface area contributed by atoms with E-state index in [4.69, 9.17) is 0 Å². The molecule has 1 heterocycles. The molecule has 112 valence electrons. The molecule has 3 nitrogen and oxygen atoms in total. The van der Waals surface area contributed by atoms with Gasteiger partial charge in [-0.3, -0.25) is 4.90 Å². The number of alkyl halides is 2. The minimum Gasteiger partial charge on any atom is -0.432 e. The molecule has 1 N–H and O–H groups in total. The van der Waals surface area contributed by atoms with Crippen molar-refractivity contribution in [3.8, 4) is 5.75 Å². The summed E-state index contributed by atoms with van der Waals surface area (Å²) in [4.78, 5) is 2.34. The molecular formula is C14H19F3N2O. The van der Waals surface area contributed by atoms with Gasteiger partial charge in [-0.15, -0.1) is 0 Å². The molecule has 6 heteroatoms. The molecule has 0 bridgehead atoms. The van der Waals surface area contributed by atoms with Gasteiger partial charge in [-0.05, 0) is 32.4 Å². The Morgan fingerprint density at radius 1 is 1.35 bits per heavy atom. The number of hydrogen-bond acceptors (Lipinski definition) is 3. The van der Waals surface area contributed by atoms with E-state index in [9.17, 15) is 13.2 Å². The van der Waals surface area contributed by atoms with Crippen LogP contribution in [0.25, 0.3) is 0 Å². The van der Waals surface area contributed by atoms with Crippen LogP contribution in [-0.4, -0.2) is 36.7 Å². The fraction of sp³-hybridized carbons (Fsp3) is 0.571. The fourth-order valence-electron chi connectivity index (χ4n) is 2.39. The van der Waals surface area contributed by atoms with Crippen LogP contribution in [0.15, 0.2) is 18.2 Å².